The van der Waals surface area contributed by atoms with Crippen LogP contribution in [0, 0.1) is 15.9 Å². The summed E-state index contributed by atoms with van der Waals surface area (Å²) in [5.74, 6) is -0.703. The maximum absolute atomic E-state index is 13.8. The van der Waals surface area contributed by atoms with E-state index in [1.807, 2.05) is 0 Å². The molecule has 1 fully saturated rings. The highest BCUT2D eigenvalue weighted by atomic mass is 19.1. The first-order valence-electron chi connectivity index (χ1n) is 6.23. The summed E-state index contributed by atoms with van der Waals surface area (Å²) in [6.07, 6.45) is 3.79. The summed E-state index contributed by atoms with van der Waals surface area (Å²) < 4.78 is 14.9. The van der Waals surface area contributed by atoms with Crippen molar-refractivity contribution in [3.05, 3.63) is 46.0 Å². The number of nitrogens with one attached hydrogen (secondary N) is 1. The fourth-order valence-corrected chi connectivity index (χ4v) is 1.90. The smallest absolute Gasteiger partial charge is 0.297 e. The highest BCUT2D eigenvalue weighted by Crippen LogP contribution is 2.25. The molecule has 1 aromatic heterocycles. The van der Waals surface area contributed by atoms with Crippen LogP contribution in [0.3, 0.4) is 0 Å². The molecule has 1 aliphatic carbocycles. The van der Waals surface area contributed by atoms with Crippen LogP contribution in [0.2, 0.25) is 0 Å². The third-order valence-corrected chi connectivity index (χ3v) is 3.08. The van der Waals surface area contributed by atoms with Gasteiger partial charge in [0.1, 0.15) is 0 Å². The minimum absolute atomic E-state index is 0.192. The van der Waals surface area contributed by atoms with E-state index in [2.05, 4.69) is 15.6 Å². The molecule has 20 heavy (non-hydrogen) atoms. The van der Waals surface area contributed by atoms with Crippen LogP contribution in [0.25, 0.3) is 5.69 Å². The van der Waals surface area contributed by atoms with Crippen LogP contribution in [0.15, 0.2) is 24.4 Å². The zero-order chi connectivity index (χ0) is 14.1. The minimum atomic E-state index is -0.703. The summed E-state index contributed by atoms with van der Waals surface area (Å²) in [4.78, 5) is 10.3. The number of hydrogen-bond acceptors (Lipinski definition) is 5. The van der Waals surface area contributed by atoms with Gasteiger partial charge in [-0.05, 0) is 18.9 Å². The van der Waals surface area contributed by atoms with E-state index in [4.69, 9.17) is 0 Å². The zero-order valence-corrected chi connectivity index (χ0v) is 10.5. The molecular weight excluding hydrogens is 265 g/mol. The molecule has 0 atom stereocenters. The van der Waals surface area contributed by atoms with E-state index >= 15 is 0 Å². The number of nitrogens with zero attached hydrogens (tertiary/aromatic N) is 4. The quantitative estimate of drug-likeness (QED) is 0.662. The van der Waals surface area contributed by atoms with Gasteiger partial charge < -0.3 is 5.32 Å². The van der Waals surface area contributed by atoms with Gasteiger partial charge in [0.25, 0.3) is 5.69 Å². The average Bonchev–Trinajstić information content (AvgIpc) is 3.14. The van der Waals surface area contributed by atoms with Crippen LogP contribution < -0.4 is 5.32 Å². The largest absolute Gasteiger partial charge is 0.308 e. The predicted molar refractivity (Wildman–Crippen MR) is 67.8 cm³/mol. The number of nitro benzene ring substituents is 1. The molecule has 3 rings (SSSR count). The van der Waals surface area contributed by atoms with E-state index < -0.39 is 10.7 Å². The van der Waals surface area contributed by atoms with Gasteiger partial charge in [-0.3, -0.25) is 10.1 Å². The number of hydrogen-bond donors (Lipinski definition) is 1. The molecule has 0 unspecified atom stereocenters. The molecule has 1 aromatic carbocycles. The monoisotopic (exact) mass is 277 g/mol. The minimum Gasteiger partial charge on any atom is -0.308 e. The first kappa shape index (κ1) is 12.7. The van der Waals surface area contributed by atoms with Crippen LogP contribution in [-0.4, -0.2) is 26.0 Å². The van der Waals surface area contributed by atoms with Crippen LogP contribution >= 0.6 is 0 Å². The maximum atomic E-state index is 13.8. The Morgan fingerprint density at radius 3 is 3.00 bits per heavy atom. The van der Waals surface area contributed by atoms with Gasteiger partial charge in [-0.2, -0.15) is 0 Å². The van der Waals surface area contributed by atoms with Crippen molar-refractivity contribution in [3.8, 4) is 5.69 Å². The number of para-hydroxylation sites is 1. The summed E-state index contributed by atoms with van der Waals surface area (Å²) >= 11 is 0. The molecule has 8 heteroatoms. The van der Waals surface area contributed by atoms with Gasteiger partial charge >= 0.3 is 0 Å². The molecule has 7 nitrogen and oxygen atoms in total. The van der Waals surface area contributed by atoms with Crippen LogP contribution in [0.5, 0.6) is 0 Å². The van der Waals surface area contributed by atoms with Gasteiger partial charge in [0.15, 0.2) is 11.5 Å². The number of aromatic nitrogens is 3. The van der Waals surface area contributed by atoms with Gasteiger partial charge in [0.2, 0.25) is 0 Å². The predicted octanol–water partition coefficient (Wildman–Crippen LogP) is 1.57. The first-order valence-corrected chi connectivity index (χ1v) is 6.23. The number of nitro groups is 1. The standard InChI is InChI=1S/C12H12FN5O2/c13-10-2-1-3-11(18(19)20)12(10)17-7-9(15-16-17)6-14-8-4-5-8/h1-3,7-8,14H,4-6H2. The molecule has 0 saturated heterocycles. The second-order valence-electron chi connectivity index (χ2n) is 4.67. The van der Waals surface area contributed by atoms with Crippen LogP contribution in [-0.2, 0) is 6.54 Å². The lowest BCUT2D eigenvalue weighted by Gasteiger charge is -2.02. The van der Waals surface area contributed by atoms with Crippen molar-refractivity contribution in [3.63, 3.8) is 0 Å². The Morgan fingerprint density at radius 1 is 1.50 bits per heavy atom. The van der Waals surface area contributed by atoms with Crippen molar-refractivity contribution < 1.29 is 9.31 Å². The summed E-state index contributed by atoms with van der Waals surface area (Å²) in [7, 11) is 0. The van der Waals surface area contributed by atoms with E-state index in [0.717, 1.165) is 23.6 Å². The van der Waals surface area contributed by atoms with Crippen molar-refractivity contribution >= 4 is 5.69 Å². The number of benzene rings is 1. The zero-order valence-electron chi connectivity index (χ0n) is 10.5. The van der Waals surface area contributed by atoms with Crippen molar-refractivity contribution in [2.24, 2.45) is 0 Å². The van der Waals surface area contributed by atoms with Gasteiger partial charge in [-0.15, -0.1) is 5.10 Å². The molecule has 0 radical (unpaired) electrons. The molecule has 1 saturated carbocycles. The molecule has 1 N–H and O–H groups in total. The lowest BCUT2D eigenvalue weighted by atomic mass is 10.2. The molecule has 2 aromatic rings. The third kappa shape index (κ3) is 2.50. The van der Waals surface area contributed by atoms with Gasteiger partial charge in [-0.25, -0.2) is 9.07 Å². The SMILES string of the molecule is O=[N+]([O-])c1cccc(F)c1-n1cc(CNC2CC2)nn1. The highest BCUT2D eigenvalue weighted by molar-refractivity contribution is 5.52. The maximum Gasteiger partial charge on any atom is 0.297 e. The van der Waals surface area contributed by atoms with Crippen molar-refractivity contribution in [1.29, 1.82) is 0 Å². The van der Waals surface area contributed by atoms with Gasteiger partial charge in [-0.1, -0.05) is 11.3 Å². The van der Waals surface area contributed by atoms with Crippen molar-refractivity contribution in [2.45, 2.75) is 25.4 Å². The Hall–Kier alpha value is -2.35. The Balaban J connectivity index is 1.90. The molecule has 1 heterocycles. The van der Waals surface area contributed by atoms with E-state index in [9.17, 15) is 14.5 Å². The summed E-state index contributed by atoms with van der Waals surface area (Å²) in [5.41, 5.74) is 0.0914. The highest BCUT2D eigenvalue weighted by Gasteiger charge is 2.22. The Bertz CT molecular complexity index is 653. The molecule has 1 aliphatic rings. The first-order chi connectivity index (χ1) is 9.65. The second-order valence-corrected chi connectivity index (χ2v) is 4.67. The van der Waals surface area contributed by atoms with E-state index in [-0.39, 0.29) is 11.4 Å². The van der Waals surface area contributed by atoms with Crippen molar-refractivity contribution in [1.82, 2.24) is 20.3 Å². The second kappa shape index (κ2) is 4.97. The normalized spacial score (nSPS) is 14.4. The lowest BCUT2D eigenvalue weighted by Crippen LogP contribution is -2.15. The summed E-state index contributed by atoms with van der Waals surface area (Å²) in [5, 5.41) is 21.9. The Kier molecular flexibility index (Phi) is 3.15. The van der Waals surface area contributed by atoms with E-state index in [1.165, 1.54) is 18.3 Å². The van der Waals surface area contributed by atoms with Crippen LogP contribution in [0.1, 0.15) is 18.5 Å². The molecular formula is C12H12FN5O2. The van der Waals surface area contributed by atoms with E-state index in [1.54, 1.807) is 0 Å². The topological polar surface area (TPSA) is 85.9 Å². The van der Waals surface area contributed by atoms with Crippen LogP contribution in [0.4, 0.5) is 10.1 Å². The van der Waals surface area contributed by atoms with Gasteiger partial charge in [0.05, 0.1) is 16.8 Å². The molecule has 0 spiro atoms. The Labute approximate surface area is 113 Å². The molecule has 0 bridgehead atoms. The van der Waals surface area contributed by atoms with Gasteiger partial charge in [0, 0.05) is 18.7 Å². The van der Waals surface area contributed by atoms with Crippen molar-refractivity contribution in [2.75, 3.05) is 0 Å². The summed E-state index contributed by atoms with van der Waals surface area (Å²) in [6, 6.07) is 4.21. The Morgan fingerprint density at radius 2 is 2.30 bits per heavy atom. The molecule has 0 aliphatic heterocycles. The summed E-state index contributed by atoms with van der Waals surface area (Å²) in [6.45, 7) is 0.521. The van der Waals surface area contributed by atoms with E-state index in [0.29, 0.717) is 18.3 Å². The molecule has 104 valence electrons. The fraction of sp³-hybridized carbons (Fsp3) is 0.333. The third-order valence-electron chi connectivity index (χ3n) is 3.08. The fourth-order valence-electron chi connectivity index (χ4n) is 1.90. The number of halogens is 1. The lowest BCUT2D eigenvalue weighted by molar-refractivity contribution is -0.384. The molecule has 0 amide bonds. The number of rotatable bonds is 5. The average molecular weight is 277 g/mol.